The topological polar surface area (TPSA) is 66.8 Å². The summed E-state index contributed by atoms with van der Waals surface area (Å²) in [6, 6.07) is 2.15. The van der Waals surface area contributed by atoms with Gasteiger partial charge in [-0.3, -0.25) is 4.79 Å². The molecule has 0 heterocycles. The number of phenolic OH excluding ortho intramolecular Hbond substituents is 1. The smallest absolute Gasteiger partial charge is 0.307 e. The molecule has 0 fully saturated rings. The van der Waals surface area contributed by atoms with Gasteiger partial charge in [-0.15, -0.1) is 0 Å². The number of rotatable bonds is 3. The normalized spacial score (nSPS) is 9.86. The molecule has 1 aromatic carbocycles. The van der Waals surface area contributed by atoms with E-state index < -0.39 is 18.2 Å². The van der Waals surface area contributed by atoms with Gasteiger partial charge < -0.3 is 14.9 Å². The van der Waals surface area contributed by atoms with Crippen molar-refractivity contribution in [2.45, 2.75) is 6.42 Å². The molecule has 0 spiro atoms. The quantitative estimate of drug-likeness (QED) is 0.768. The van der Waals surface area contributed by atoms with Crippen molar-refractivity contribution in [3.05, 3.63) is 23.5 Å². The highest BCUT2D eigenvalue weighted by atomic mass is 19.1. The van der Waals surface area contributed by atoms with Crippen molar-refractivity contribution < 1.29 is 24.1 Å². The first kappa shape index (κ1) is 10.3. The van der Waals surface area contributed by atoms with Crippen LogP contribution in [0.25, 0.3) is 0 Å². The highest BCUT2D eigenvalue weighted by Crippen LogP contribution is 2.26. The molecule has 0 amide bonds. The lowest BCUT2D eigenvalue weighted by Crippen LogP contribution is -2.03. The Balaban J connectivity index is 3.15. The molecule has 0 radical (unpaired) electrons. The van der Waals surface area contributed by atoms with Crippen molar-refractivity contribution in [1.82, 2.24) is 0 Å². The van der Waals surface area contributed by atoms with Gasteiger partial charge in [0.25, 0.3) is 0 Å². The van der Waals surface area contributed by atoms with Crippen molar-refractivity contribution in [3.8, 4) is 11.5 Å². The van der Waals surface area contributed by atoms with E-state index in [1.807, 2.05) is 0 Å². The van der Waals surface area contributed by atoms with Crippen LogP contribution < -0.4 is 4.74 Å². The van der Waals surface area contributed by atoms with Crippen LogP contribution in [0.2, 0.25) is 0 Å². The number of carboxylic acids is 1. The summed E-state index contributed by atoms with van der Waals surface area (Å²) in [6.07, 6.45) is -0.489. The zero-order chi connectivity index (χ0) is 10.7. The number of carbonyl (C=O) groups is 1. The Morgan fingerprint density at radius 3 is 2.71 bits per heavy atom. The van der Waals surface area contributed by atoms with Gasteiger partial charge in [-0.2, -0.15) is 0 Å². The number of carboxylic acid groups (broad SMARTS) is 1. The average molecular weight is 200 g/mol. The Labute approximate surface area is 79.6 Å². The lowest BCUT2D eigenvalue weighted by atomic mass is 10.1. The highest BCUT2D eigenvalue weighted by Gasteiger charge is 2.13. The van der Waals surface area contributed by atoms with E-state index in [1.165, 1.54) is 7.11 Å². The second kappa shape index (κ2) is 3.95. The lowest BCUT2D eigenvalue weighted by Gasteiger charge is -2.06. The maximum Gasteiger partial charge on any atom is 0.307 e. The molecule has 0 aliphatic heterocycles. The van der Waals surface area contributed by atoms with Crippen LogP contribution in [-0.2, 0) is 11.2 Å². The van der Waals surface area contributed by atoms with Gasteiger partial charge in [-0.25, -0.2) is 4.39 Å². The average Bonchev–Trinajstić information content (AvgIpc) is 2.09. The summed E-state index contributed by atoms with van der Waals surface area (Å²) < 4.78 is 17.9. The first-order chi connectivity index (χ1) is 6.54. The second-order valence-corrected chi connectivity index (χ2v) is 2.69. The summed E-state index contributed by atoms with van der Waals surface area (Å²) in [5, 5.41) is 17.6. The lowest BCUT2D eigenvalue weighted by molar-refractivity contribution is -0.136. The van der Waals surface area contributed by atoms with Gasteiger partial charge >= 0.3 is 5.97 Å². The van der Waals surface area contributed by atoms with Crippen LogP contribution in [0.4, 0.5) is 4.39 Å². The minimum Gasteiger partial charge on any atom is -0.508 e. The molecule has 0 unspecified atom stereocenters. The van der Waals surface area contributed by atoms with Crippen molar-refractivity contribution in [2.75, 3.05) is 7.11 Å². The molecular weight excluding hydrogens is 191 g/mol. The number of ether oxygens (including phenoxy) is 1. The van der Waals surface area contributed by atoms with Crippen LogP contribution in [-0.4, -0.2) is 23.3 Å². The Morgan fingerprint density at radius 1 is 1.57 bits per heavy atom. The number of halogens is 1. The Hall–Kier alpha value is -1.78. The number of phenols is 1. The van der Waals surface area contributed by atoms with Gasteiger partial charge in [-0.05, 0) is 6.07 Å². The van der Waals surface area contributed by atoms with Crippen molar-refractivity contribution in [2.24, 2.45) is 0 Å². The predicted octanol–water partition coefficient (Wildman–Crippen LogP) is 1.17. The third kappa shape index (κ3) is 2.12. The third-order valence-electron chi connectivity index (χ3n) is 1.66. The second-order valence-electron chi connectivity index (χ2n) is 2.69. The molecule has 0 saturated carbocycles. The van der Waals surface area contributed by atoms with Gasteiger partial charge in [0.15, 0.2) is 11.6 Å². The van der Waals surface area contributed by atoms with E-state index in [9.17, 15) is 9.18 Å². The molecule has 14 heavy (non-hydrogen) atoms. The fourth-order valence-electron chi connectivity index (χ4n) is 1.08. The predicted molar refractivity (Wildman–Crippen MR) is 46.0 cm³/mol. The number of hydrogen-bond donors (Lipinski definition) is 2. The van der Waals surface area contributed by atoms with Gasteiger partial charge in [0, 0.05) is 11.6 Å². The number of aromatic hydroxyl groups is 1. The van der Waals surface area contributed by atoms with Crippen LogP contribution in [0, 0.1) is 5.82 Å². The molecule has 0 atom stereocenters. The monoisotopic (exact) mass is 200 g/mol. The maximum atomic E-state index is 13.3. The van der Waals surface area contributed by atoms with E-state index in [2.05, 4.69) is 4.74 Å². The first-order valence-electron chi connectivity index (χ1n) is 3.81. The first-order valence-corrected chi connectivity index (χ1v) is 3.81. The molecule has 0 bridgehead atoms. The SMILES string of the molecule is COc1cc(O)cc(CC(=O)O)c1F. The van der Waals surface area contributed by atoms with E-state index in [-0.39, 0.29) is 17.1 Å². The summed E-state index contributed by atoms with van der Waals surface area (Å²) >= 11 is 0. The maximum absolute atomic E-state index is 13.3. The molecule has 0 saturated heterocycles. The molecule has 2 N–H and O–H groups in total. The van der Waals surface area contributed by atoms with Crippen LogP contribution in [0.15, 0.2) is 12.1 Å². The Morgan fingerprint density at radius 2 is 2.21 bits per heavy atom. The summed E-state index contributed by atoms with van der Waals surface area (Å²) in [6.45, 7) is 0. The molecule has 1 aromatic rings. The Kier molecular flexibility index (Phi) is 2.91. The standard InChI is InChI=1S/C9H9FO4/c1-14-7-4-6(11)2-5(9(7)10)3-8(12)13/h2,4,11H,3H2,1H3,(H,12,13). The number of methoxy groups -OCH3 is 1. The largest absolute Gasteiger partial charge is 0.508 e. The van der Waals surface area contributed by atoms with Crippen molar-refractivity contribution in [3.63, 3.8) is 0 Å². The van der Waals surface area contributed by atoms with Crippen LogP contribution in [0.1, 0.15) is 5.56 Å². The number of benzene rings is 1. The van der Waals surface area contributed by atoms with Crippen molar-refractivity contribution in [1.29, 1.82) is 0 Å². The van der Waals surface area contributed by atoms with Gasteiger partial charge in [0.1, 0.15) is 5.75 Å². The molecule has 4 nitrogen and oxygen atoms in total. The molecular formula is C9H9FO4. The van der Waals surface area contributed by atoms with Gasteiger partial charge in [-0.1, -0.05) is 0 Å². The molecule has 76 valence electrons. The summed E-state index contributed by atoms with van der Waals surface area (Å²) in [7, 11) is 1.24. The minimum absolute atomic E-state index is 0.102. The zero-order valence-electron chi connectivity index (χ0n) is 7.45. The molecule has 5 heteroatoms. The van der Waals surface area contributed by atoms with E-state index in [1.54, 1.807) is 0 Å². The number of hydrogen-bond acceptors (Lipinski definition) is 3. The summed E-state index contributed by atoms with van der Waals surface area (Å²) in [4.78, 5) is 10.3. The third-order valence-corrected chi connectivity index (χ3v) is 1.66. The summed E-state index contributed by atoms with van der Waals surface area (Å²) in [5.74, 6) is -2.31. The highest BCUT2D eigenvalue weighted by molar-refractivity contribution is 5.70. The zero-order valence-corrected chi connectivity index (χ0v) is 7.45. The van der Waals surface area contributed by atoms with Crippen LogP contribution >= 0.6 is 0 Å². The van der Waals surface area contributed by atoms with Gasteiger partial charge in [0.05, 0.1) is 13.5 Å². The molecule has 0 aromatic heterocycles. The minimum atomic E-state index is -1.17. The van der Waals surface area contributed by atoms with E-state index >= 15 is 0 Å². The molecule has 0 aliphatic rings. The molecule has 0 aliphatic carbocycles. The van der Waals surface area contributed by atoms with E-state index in [0.29, 0.717) is 0 Å². The Bertz CT molecular complexity index is 362. The van der Waals surface area contributed by atoms with Crippen molar-refractivity contribution >= 4 is 5.97 Å². The van der Waals surface area contributed by atoms with E-state index in [0.717, 1.165) is 12.1 Å². The van der Waals surface area contributed by atoms with Crippen LogP contribution in [0.3, 0.4) is 0 Å². The number of aliphatic carboxylic acids is 1. The van der Waals surface area contributed by atoms with E-state index in [4.69, 9.17) is 10.2 Å². The summed E-state index contributed by atoms with van der Waals surface area (Å²) in [5.41, 5.74) is -0.102. The fraction of sp³-hybridized carbons (Fsp3) is 0.222. The molecule has 1 rings (SSSR count). The van der Waals surface area contributed by atoms with Crippen LogP contribution in [0.5, 0.6) is 11.5 Å². The fourth-order valence-corrected chi connectivity index (χ4v) is 1.08. The van der Waals surface area contributed by atoms with Gasteiger partial charge in [0.2, 0.25) is 0 Å².